The minimum atomic E-state index is -3.98. The lowest BCUT2D eigenvalue weighted by atomic mass is 10.0. The summed E-state index contributed by atoms with van der Waals surface area (Å²) in [7, 11) is -3.98. The van der Waals surface area contributed by atoms with Crippen LogP contribution in [-0.2, 0) is 28.7 Å². The standard InChI is InChI=1S/C20H27NO4S2/c1-15-12-20(16(2)25-15)26-11-3-8-21-9-6-18-5-4-17(14-27(22,23)24)13-19(18)7-10-21/h4-5,12-13H,3,6-11,14H2,1-2H3,(H,22,23,24). The third kappa shape index (κ3) is 6.10. The van der Waals surface area contributed by atoms with Gasteiger partial charge in [-0.25, -0.2) is 0 Å². The zero-order valence-corrected chi connectivity index (χ0v) is 17.5. The predicted octanol–water partition coefficient (Wildman–Crippen LogP) is 3.87. The van der Waals surface area contributed by atoms with E-state index in [1.165, 1.54) is 16.0 Å². The summed E-state index contributed by atoms with van der Waals surface area (Å²) in [5, 5.41) is 0. The van der Waals surface area contributed by atoms with E-state index in [9.17, 15) is 8.42 Å². The Bertz CT molecular complexity index is 889. The molecule has 1 aliphatic rings. The van der Waals surface area contributed by atoms with Crippen molar-refractivity contribution in [1.82, 2.24) is 4.90 Å². The van der Waals surface area contributed by atoms with Gasteiger partial charge in [0.15, 0.2) is 0 Å². The first kappa shape index (κ1) is 20.5. The van der Waals surface area contributed by atoms with E-state index >= 15 is 0 Å². The van der Waals surface area contributed by atoms with E-state index in [0.717, 1.165) is 56.2 Å². The monoisotopic (exact) mass is 409 g/mol. The average molecular weight is 410 g/mol. The quantitative estimate of drug-likeness (QED) is 0.425. The second-order valence-corrected chi connectivity index (χ2v) is 9.74. The van der Waals surface area contributed by atoms with Crippen molar-refractivity contribution in [2.24, 2.45) is 0 Å². The number of thioether (sulfide) groups is 1. The summed E-state index contributed by atoms with van der Waals surface area (Å²) in [5.41, 5.74) is 3.15. The van der Waals surface area contributed by atoms with Crippen molar-refractivity contribution in [3.05, 3.63) is 52.5 Å². The van der Waals surface area contributed by atoms with E-state index in [2.05, 4.69) is 11.0 Å². The van der Waals surface area contributed by atoms with Gasteiger partial charge in [-0.05, 0) is 68.2 Å². The number of nitrogens with zero attached hydrogens (tertiary/aromatic N) is 1. The zero-order chi connectivity index (χ0) is 19.4. The SMILES string of the molecule is Cc1cc(SCCCN2CCc3ccc(CS(=O)(=O)O)cc3CC2)c(C)o1. The smallest absolute Gasteiger partial charge is 0.269 e. The fourth-order valence-electron chi connectivity index (χ4n) is 3.57. The van der Waals surface area contributed by atoms with Gasteiger partial charge in [0, 0.05) is 18.0 Å². The highest BCUT2D eigenvalue weighted by molar-refractivity contribution is 7.99. The molecule has 3 rings (SSSR count). The summed E-state index contributed by atoms with van der Waals surface area (Å²) in [6.07, 6.45) is 3.02. The van der Waals surface area contributed by atoms with Gasteiger partial charge in [-0.1, -0.05) is 18.2 Å². The summed E-state index contributed by atoms with van der Waals surface area (Å²) in [6, 6.07) is 7.87. The molecule has 2 aromatic rings. The highest BCUT2D eigenvalue weighted by Crippen LogP contribution is 2.26. The Balaban J connectivity index is 1.48. The lowest BCUT2D eigenvalue weighted by Gasteiger charge is -2.19. The largest absolute Gasteiger partial charge is 0.465 e. The maximum Gasteiger partial charge on any atom is 0.269 e. The summed E-state index contributed by atoms with van der Waals surface area (Å²) in [4.78, 5) is 3.72. The maximum atomic E-state index is 11.1. The molecule has 5 nitrogen and oxygen atoms in total. The first-order valence-corrected chi connectivity index (χ1v) is 11.9. The Morgan fingerprint density at radius 3 is 2.56 bits per heavy atom. The average Bonchev–Trinajstić information content (AvgIpc) is 2.77. The van der Waals surface area contributed by atoms with Crippen LogP contribution >= 0.6 is 11.8 Å². The van der Waals surface area contributed by atoms with Gasteiger partial charge in [0.1, 0.15) is 17.3 Å². The van der Waals surface area contributed by atoms with Crippen LogP contribution in [0.3, 0.4) is 0 Å². The van der Waals surface area contributed by atoms with Gasteiger partial charge in [-0.3, -0.25) is 4.55 Å². The van der Waals surface area contributed by atoms with Crippen LogP contribution in [0.1, 0.15) is 34.6 Å². The van der Waals surface area contributed by atoms with Crippen LogP contribution in [0, 0.1) is 13.8 Å². The molecule has 148 valence electrons. The first-order valence-electron chi connectivity index (χ1n) is 9.28. The number of hydrogen-bond donors (Lipinski definition) is 1. The number of rotatable bonds is 7. The third-order valence-corrected chi connectivity index (χ3v) is 6.79. The summed E-state index contributed by atoms with van der Waals surface area (Å²) in [5.74, 6) is 2.73. The van der Waals surface area contributed by atoms with Crippen LogP contribution in [0.15, 0.2) is 33.6 Å². The molecule has 27 heavy (non-hydrogen) atoms. The fraction of sp³-hybridized carbons (Fsp3) is 0.500. The van der Waals surface area contributed by atoms with Crippen LogP contribution in [0.25, 0.3) is 0 Å². The normalized spacial score (nSPS) is 15.5. The van der Waals surface area contributed by atoms with Crippen LogP contribution in [0.5, 0.6) is 0 Å². The zero-order valence-electron chi connectivity index (χ0n) is 15.9. The number of furan rings is 1. The minimum Gasteiger partial charge on any atom is -0.465 e. The van der Waals surface area contributed by atoms with Gasteiger partial charge in [-0.15, -0.1) is 11.8 Å². The third-order valence-electron chi connectivity index (χ3n) is 4.89. The predicted molar refractivity (Wildman–Crippen MR) is 109 cm³/mol. The molecule has 0 unspecified atom stereocenters. The highest BCUT2D eigenvalue weighted by atomic mass is 32.2. The maximum absolute atomic E-state index is 11.1. The Morgan fingerprint density at radius 1 is 1.15 bits per heavy atom. The lowest BCUT2D eigenvalue weighted by Crippen LogP contribution is -2.27. The van der Waals surface area contributed by atoms with Gasteiger partial charge >= 0.3 is 0 Å². The minimum absolute atomic E-state index is 0.311. The highest BCUT2D eigenvalue weighted by Gasteiger charge is 2.16. The van der Waals surface area contributed by atoms with Crippen LogP contribution in [0.4, 0.5) is 0 Å². The van der Waals surface area contributed by atoms with Crippen molar-refractivity contribution in [1.29, 1.82) is 0 Å². The molecule has 0 atom stereocenters. The van der Waals surface area contributed by atoms with E-state index < -0.39 is 10.1 Å². The van der Waals surface area contributed by atoms with Crippen molar-refractivity contribution in [2.75, 3.05) is 25.4 Å². The molecule has 1 aromatic carbocycles. The van der Waals surface area contributed by atoms with Crippen molar-refractivity contribution in [3.63, 3.8) is 0 Å². The Kier molecular flexibility index (Phi) is 6.68. The molecular weight excluding hydrogens is 382 g/mol. The molecule has 0 saturated carbocycles. The summed E-state index contributed by atoms with van der Waals surface area (Å²) < 4.78 is 36.8. The van der Waals surface area contributed by atoms with Crippen LogP contribution < -0.4 is 0 Å². The van der Waals surface area contributed by atoms with Gasteiger partial charge in [0.05, 0.1) is 0 Å². The molecule has 0 spiro atoms. The fourth-order valence-corrected chi connectivity index (χ4v) is 5.16. The van der Waals surface area contributed by atoms with Crippen molar-refractivity contribution >= 4 is 21.9 Å². The second-order valence-electron chi connectivity index (χ2n) is 7.15. The van der Waals surface area contributed by atoms with Gasteiger partial charge in [0.25, 0.3) is 10.1 Å². The molecule has 0 amide bonds. The van der Waals surface area contributed by atoms with Gasteiger partial charge in [-0.2, -0.15) is 8.42 Å². The number of aryl methyl sites for hydroxylation is 2. The molecule has 0 bridgehead atoms. The van der Waals surface area contributed by atoms with E-state index in [1.54, 1.807) is 0 Å². The van der Waals surface area contributed by atoms with Gasteiger partial charge in [0.2, 0.25) is 0 Å². The van der Waals surface area contributed by atoms with Crippen molar-refractivity contribution in [3.8, 4) is 0 Å². The molecule has 1 N–H and O–H groups in total. The molecule has 2 heterocycles. The Labute approximate surface area is 165 Å². The summed E-state index contributed by atoms with van der Waals surface area (Å²) >= 11 is 1.86. The van der Waals surface area contributed by atoms with Crippen molar-refractivity contribution in [2.45, 2.75) is 43.8 Å². The number of hydrogen-bond acceptors (Lipinski definition) is 5. The lowest BCUT2D eigenvalue weighted by molar-refractivity contribution is 0.289. The van der Waals surface area contributed by atoms with E-state index in [0.29, 0.717) is 5.56 Å². The Hall–Kier alpha value is -1.28. The van der Waals surface area contributed by atoms with E-state index in [4.69, 9.17) is 8.97 Å². The molecule has 1 aromatic heterocycles. The molecule has 1 aliphatic heterocycles. The van der Waals surface area contributed by atoms with E-state index in [-0.39, 0.29) is 5.75 Å². The second kappa shape index (κ2) is 8.82. The summed E-state index contributed by atoms with van der Waals surface area (Å²) in [6.45, 7) is 7.07. The molecule has 7 heteroatoms. The molecular formula is C20H27NO4S2. The van der Waals surface area contributed by atoms with Crippen LogP contribution in [-0.4, -0.2) is 43.3 Å². The van der Waals surface area contributed by atoms with Gasteiger partial charge < -0.3 is 9.32 Å². The van der Waals surface area contributed by atoms with Crippen molar-refractivity contribution < 1.29 is 17.4 Å². The molecule has 0 fully saturated rings. The number of fused-ring (bicyclic) bond motifs is 1. The van der Waals surface area contributed by atoms with Crippen LogP contribution in [0.2, 0.25) is 0 Å². The first-order chi connectivity index (χ1) is 12.8. The molecule has 0 aliphatic carbocycles. The Morgan fingerprint density at radius 2 is 1.89 bits per heavy atom. The molecule has 0 saturated heterocycles. The van der Waals surface area contributed by atoms with E-state index in [1.807, 2.05) is 43.8 Å². The topological polar surface area (TPSA) is 70.8 Å². The molecule has 0 radical (unpaired) electrons. The number of benzene rings is 1.